The van der Waals surface area contributed by atoms with Crippen LogP contribution in [0.3, 0.4) is 0 Å². The van der Waals surface area contributed by atoms with Gasteiger partial charge in [-0.3, -0.25) is 0 Å². The van der Waals surface area contributed by atoms with Crippen LogP contribution in [0, 0.1) is 0 Å². The average Bonchev–Trinajstić information content (AvgIpc) is 3.12. The van der Waals surface area contributed by atoms with Crippen molar-refractivity contribution in [2.75, 3.05) is 5.32 Å². The maximum Gasteiger partial charge on any atom is 0.0384 e. The molecule has 2 aromatic carbocycles. The molecule has 0 bridgehead atoms. The zero-order valence-corrected chi connectivity index (χ0v) is 33.2. The Hall–Kier alpha value is -1.76. The van der Waals surface area contributed by atoms with E-state index in [1.165, 1.54) is 241 Å². The van der Waals surface area contributed by atoms with Crippen molar-refractivity contribution >= 4 is 11.4 Å². The molecule has 0 saturated heterocycles. The van der Waals surface area contributed by atoms with E-state index >= 15 is 0 Å². The Labute approximate surface area is 307 Å². The molecule has 0 radical (unpaired) electrons. The van der Waals surface area contributed by atoms with E-state index in [1.54, 1.807) is 0 Å². The van der Waals surface area contributed by atoms with Crippen LogP contribution in [0.5, 0.6) is 0 Å². The first kappa shape index (κ1) is 43.4. The summed E-state index contributed by atoms with van der Waals surface area (Å²) in [6.45, 7) is 4.61. The van der Waals surface area contributed by atoms with E-state index in [-0.39, 0.29) is 0 Å². The number of aryl methyl sites for hydroxylation is 2. The highest BCUT2D eigenvalue weighted by atomic mass is 14.9. The fourth-order valence-electron chi connectivity index (χ4n) is 7.43. The van der Waals surface area contributed by atoms with Crippen molar-refractivity contribution < 1.29 is 0 Å². The summed E-state index contributed by atoms with van der Waals surface area (Å²) in [5.74, 6) is 0. The topological polar surface area (TPSA) is 12.0 Å². The molecule has 280 valence electrons. The minimum atomic E-state index is 1.20. The molecule has 49 heavy (non-hydrogen) atoms. The molecule has 1 N–H and O–H groups in total. The van der Waals surface area contributed by atoms with Gasteiger partial charge >= 0.3 is 0 Å². The summed E-state index contributed by atoms with van der Waals surface area (Å²) < 4.78 is 0. The molecule has 0 spiro atoms. The average molecular weight is 674 g/mol. The third kappa shape index (κ3) is 26.7. The quantitative estimate of drug-likeness (QED) is 0.0710. The largest absolute Gasteiger partial charge is 0.356 e. The minimum absolute atomic E-state index is 1.20. The lowest BCUT2D eigenvalue weighted by molar-refractivity contribution is 0.529. The van der Waals surface area contributed by atoms with Crippen LogP contribution >= 0.6 is 0 Å². The maximum atomic E-state index is 3.61. The Kier molecular flexibility index (Phi) is 29.6. The van der Waals surface area contributed by atoms with Gasteiger partial charge in [0, 0.05) is 11.4 Å². The van der Waals surface area contributed by atoms with Crippen LogP contribution in [-0.4, -0.2) is 0 Å². The van der Waals surface area contributed by atoms with Crippen LogP contribution in [0.15, 0.2) is 48.5 Å². The maximum absolute atomic E-state index is 3.61. The zero-order valence-electron chi connectivity index (χ0n) is 33.2. The lowest BCUT2D eigenvalue weighted by Crippen LogP contribution is -1.93. The summed E-state index contributed by atoms with van der Waals surface area (Å²) in [6, 6.07) is 18.3. The van der Waals surface area contributed by atoms with Crippen LogP contribution in [0.25, 0.3) is 0 Å². The van der Waals surface area contributed by atoms with Gasteiger partial charge in [0.15, 0.2) is 0 Å². The number of hydrogen-bond acceptors (Lipinski definition) is 1. The summed E-state index contributed by atoms with van der Waals surface area (Å²) in [7, 11) is 0. The molecule has 0 aliphatic heterocycles. The van der Waals surface area contributed by atoms with Crippen LogP contribution in [0.2, 0.25) is 0 Å². The highest BCUT2D eigenvalue weighted by Gasteiger charge is 2.01. The molecule has 0 aliphatic carbocycles. The number of unbranched alkanes of at least 4 members (excludes halogenated alkanes) is 30. The highest BCUT2D eigenvalue weighted by molar-refractivity contribution is 5.60. The number of anilines is 2. The van der Waals surface area contributed by atoms with Gasteiger partial charge in [-0.05, 0) is 61.1 Å². The first-order valence-corrected chi connectivity index (χ1v) is 22.3. The van der Waals surface area contributed by atoms with Crippen molar-refractivity contribution in [2.24, 2.45) is 0 Å². The molecule has 0 fully saturated rings. The smallest absolute Gasteiger partial charge is 0.0384 e. The second kappa shape index (κ2) is 33.4. The second-order valence-corrected chi connectivity index (χ2v) is 15.6. The third-order valence-corrected chi connectivity index (χ3v) is 10.8. The molecular weight excluding hydrogens is 591 g/mol. The van der Waals surface area contributed by atoms with Crippen molar-refractivity contribution in [2.45, 2.75) is 232 Å². The Morgan fingerprint density at radius 1 is 0.265 bits per heavy atom. The summed E-state index contributed by atoms with van der Waals surface area (Å²) in [5.41, 5.74) is 5.35. The first-order valence-electron chi connectivity index (χ1n) is 22.3. The van der Waals surface area contributed by atoms with Gasteiger partial charge in [0.1, 0.15) is 0 Å². The summed E-state index contributed by atoms with van der Waals surface area (Å²) in [4.78, 5) is 0. The Morgan fingerprint density at radius 2 is 0.469 bits per heavy atom. The lowest BCUT2D eigenvalue weighted by atomic mass is 10.0. The second-order valence-electron chi connectivity index (χ2n) is 15.6. The molecule has 1 nitrogen and oxygen atoms in total. The van der Waals surface area contributed by atoms with Crippen molar-refractivity contribution in [1.29, 1.82) is 0 Å². The van der Waals surface area contributed by atoms with E-state index in [1.807, 2.05) is 0 Å². The fraction of sp³-hybridized carbons (Fsp3) is 0.750. The molecule has 1 heteroatoms. The number of benzene rings is 2. The Bertz CT molecular complexity index is 851. The molecule has 2 aromatic rings. The first-order chi connectivity index (χ1) is 24.3. The molecule has 0 heterocycles. The van der Waals surface area contributed by atoms with E-state index in [4.69, 9.17) is 0 Å². The molecule has 0 saturated carbocycles. The van der Waals surface area contributed by atoms with Crippen LogP contribution in [0.1, 0.15) is 230 Å². The van der Waals surface area contributed by atoms with Gasteiger partial charge < -0.3 is 5.32 Å². The fourth-order valence-corrected chi connectivity index (χ4v) is 7.43. The molecule has 0 aromatic heterocycles. The summed E-state index contributed by atoms with van der Waals surface area (Å²) in [6.07, 6.45) is 48.3. The highest BCUT2D eigenvalue weighted by Crippen LogP contribution is 2.21. The van der Waals surface area contributed by atoms with Crippen LogP contribution in [-0.2, 0) is 12.8 Å². The molecule has 0 amide bonds. The number of rotatable bonds is 36. The predicted molar refractivity (Wildman–Crippen MR) is 223 cm³/mol. The van der Waals surface area contributed by atoms with E-state index in [0.29, 0.717) is 0 Å². The minimum Gasteiger partial charge on any atom is -0.356 e. The predicted octanol–water partition coefficient (Wildman–Crippen LogP) is 17.0. The van der Waals surface area contributed by atoms with Gasteiger partial charge in [-0.15, -0.1) is 0 Å². The van der Waals surface area contributed by atoms with E-state index in [2.05, 4.69) is 67.7 Å². The normalized spacial score (nSPS) is 11.4. The SMILES string of the molecule is CCCCCCCCCCCCCCCCCCc1ccc(Nc2ccc(CCCCCCCCCCCCCCCCCC)cc2)cc1. The zero-order chi connectivity index (χ0) is 34.7. The molecule has 2 rings (SSSR count). The summed E-state index contributed by atoms with van der Waals surface area (Å²) in [5, 5.41) is 3.61. The van der Waals surface area contributed by atoms with Gasteiger partial charge in [0.05, 0.1) is 0 Å². The lowest BCUT2D eigenvalue weighted by Gasteiger charge is -2.09. The molecule has 0 atom stereocenters. The van der Waals surface area contributed by atoms with Gasteiger partial charge in [0.25, 0.3) is 0 Å². The van der Waals surface area contributed by atoms with Crippen molar-refractivity contribution in [3.05, 3.63) is 59.7 Å². The van der Waals surface area contributed by atoms with Crippen molar-refractivity contribution in [3.8, 4) is 0 Å². The monoisotopic (exact) mass is 674 g/mol. The summed E-state index contributed by atoms with van der Waals surface area (Å²) >= 11 is 0. The van der Waals surface area contributed by atoms with Crippen molar-refractivity contribution in [1.82, 2.24) is 0 Å². The van der Waals surface area contributed by atoms with E-state index in [9.17, 15) is 0 Å². The standard InChI is InChI=1S/C48H83N/c1-3-5-7-9-11-13-15-17-19-21-23-25-27-29-31-33-35-45-37-41-47(42-38-45)49-48-43-39-46(40-44-48)36-34-32-30-28-26-24-22-20-18-16-14-12-10-8-6-4-2/h37-44,49H,3-36H2,1-2H3. The molecule has 0 unspecified atom stereocenters. The van der Waals surface area contributed by atoms with Crippen LogP contribution in [0.4, 0.5) is 11.4 Å². The van der Waals surface area contributed by atoms with Gasteiger partial charge in [-0.1, -0.05) is 231 Å². The Morgan fingerprint density at radius 3 is 0.694 bits per heavy atom. The van der Waals surface area contributed by atoms with E-state index in [0.717, 1.165) is 0 Å². The number of hydrogen-bond donors (Lipinski definition) is 1. The molecular formula is C48H83N. The molecule has 0 aliphatic rings. The number of nitrogens with one attached hydrogen (secondary N) is 1. The third-order valence-electron chi connectivity index (χ3n) is 10.8. The van der Waals surface area contributed by atoms with Crippen molar-refractivity contribution in [3.63, 3.8) is 0 Å². The van der Waals surface area contributed by atoms with Crippen LogP contribution < -0.4 is 5.32 Å². The van der Waals surface area contributed by atoms with E-state index < -0.39 is 0 Å². The Balaban J connectivity index is 1.38. The van der Waals surface area contributed by atoms with Gasteiger partial charge in [0.2, 0.25) is 0 Å². The van der Waals surface area contributed by atoms with Gasteiger partial charge in [-0.2, -0.15) is 0 Å². The van der Waals surface area contributed by atoms with Gasteiger partial charge in [-0.25, -0.2) is 0 Å².